The van der Waals surface area contributed by atoms with Gasteiger partial charge in [-0.25, -0.2) is 4.99 Å². The van der Waals surface area contributed by atoms with E-state index in [2.05, 4.69) is 25.9 Å². The van der Waals surface area contributed by atoms with Gasteiger partial charge in [-0.2, -0.15) is 0 Å². The Morgan fingerprint density at radius 1 is 1.20 bits per heavy atom. The Kier molecular flexibility index (Phi) is 10.3. The van der Waals surface area contributed by atoms with Crippen LogP contribution in [0.25, 0.3) is 0 Å². The highest BCUT2D eigenvalue weighted by Gasteiger charge is 2.03. The SMILES string of the molecule is CCNC(=NCC(=O)NCc1ccco1)NCCc1ccccn1.I. The fraction of sp³-hybridized carbons (Fsp3) is 0.353. The van der Waals surface area contributed by atoms with Crippen molar-refractivity contribution in [1.82, 2.24) is 20.9 Å². The first-order valence-electron chi connectivity index (χ1n) is 7.99. The van der Waals surface area contributed by atoms with E-state index in [0.29, 0.717) is 24.8 Å². The minimum atomic E-state index is -0.159. The number of hydrogen-bond donors (Lipinski definition) is 3. The van der Waals surface area contributed by atoms with Gasteiger partial charge in [-0.1, -0.05) is 6.07 Å². The molecule has 7 nitrogen and oxygen atoms in total. The van der Waals surface area contributed by atoms with E-state index in [1.54, 1.807) is 18.5 Å². The highest BCUT2D eigenvalue weighted by atomic mass is 127. The number of amides is 1. The zero-order chi connectivity index (χ0) is 17.0. The molecule has 0 aliphatic rings. The topological polar surface area (TPSA) is 91.5 Å². The van der Waals surface area contributed by atoms with Crippen LogP contribution >= 0.6 is 24.0 Å². The molecule has 0 spiro atoms. The van der Waals surface area contributed by atoms with Crippen molar-refractivity contribution in [3.63, 3.8) is 0 Å². The molecule has 0 saturated heterocycles. The Morgan fingerprint density at radius 2 is 2.08 bits per heavy atom. The van der Waals surface area contributed by atoms with Crippen molar-refractivity contribution >= 4 is 35.8 Å². The number of hydrogen-bond acceptors (Lipinski definition) is 4. The number of furan rings is 1. The summed E-state index contributed by atoms with van der Waals surface area (Å²) < 4.78 is 5.16. The Hall–Kier alpha value is -2.10. The van der Waals surface area contributed by atoms with Gasteiger partial charge in [0.1, 0.15) is 12.3 Å². The van der Waals surface area contributed by atoms with E-state index in [9.17, 15) is 4.79 Å². The summed E-state index contributed by atoms with van der Waals surface area (Å²) in [5, 5.41) is 9.07. The van der Waals surface area contributed by atoms with E-state index in [-0.39, 0.29) is 36.4 Å². The standard InChI is InChI=1S/C17H23N5O2.HI/c1-2-18-17(20-10-8-14-6-3-4-9-19-14)22-13-16(23)21-12-15-7-5-11-24-15;/h3-7,9,11H,2,8,10,12-13H2,1H3,(H,21,23)(H2,18,20,22);1H. The van der Waals surface area contributed by atoms with Crippen LogP contribution in [0.2, 0.25) is 0 Å². The van der Waals surface area contributed by atoms with Gasteiger partial charge in [0.2, 0.25) is 5.91 Å². The van der Waals surface area contributed by atoms with Crippen LogP contribution in [0.4, 0.5) is 0 Å². The lowest BCUT2D eigenvalue weighted by Gasteiger charge is -2.11. The lowest BCUT2D eigenvalue weighted by atomic mass is 10.3. The number of carbonyl (C=O) groups is 1. The lowest BCUT2D eigenvalue weighted by molar-refractivity contribution is -0.119. The number of rotatable bonds is 8. The highest BCUT2D eigenvalue weighted by molar-refractivity contribution is 14.0. The van der Waals surface area contributed by atoms with E-state index in [0.717, 1.165) is 18.7 Å². The molecule has 0 aliphatic carbocycles. The Bertz CT molecular complexity index is 632. The molecule has 0 atom stereocenters. The van der Waals surface area contributed by atoms with Crippen LogP contribution < -0.4 is 16.0 Å². The van der Waals surface area contributed by atoms with Crippen LogP contribution in [0, 0.1) is 0 Å². The van der Waals surface area contributed by atoms with E-state index < -0.39 is 0 Å². The summed E-state index contributed by atoms with van der Waals surface area (Å²) in [7, 11) is 0. The zero-order valence-electron chi connectivity index (χ0n) is 14.2. The second kappa shape index (κ2) is 12.3. The average molecular weight is 457 g/mol. The monoisotopic (exact) mass is 457 g/mol. The van der Waals surface area contributed by atoms with Crippen molar-refractivity contribution < 1.29 is 9.21 Å². The lowest BCUT2D eigenvalue weighted by Crippen LogP contribution is -2.39. The predicted molar refractivity (Wildman–Crippen MR) is 108 cm³/mol. The normalized spacial score (nSPS) is 10.7. The molecule has 0 aromatic carbocycles. The molecular weight excluding hydrogens is 433 g/mol. The van der Waals surface area contributed by atoms with Gasteiger partial charge in [0.05, 0.1) is 12.8 Å². The number of pyridine rings is 1. The molecule has 0 bridgehead atoms. The van der Waals surface area contributed by atoms with Crippen LogP contribution in [-0.4, -0.2) is 36.5 Å². The number of nitrogens with zero attached hydrogens (tertiary/aromatic N) is 2. The van der Waals surface area contributed by atoms with Crippen molar-refractivity contribution in [3.8, 4) is 0 Å². The molecule has 8 heteroatoms. The fourth-order valence-electron chi connectivity index (χ4n) is 2.00. The molecular formula is C17H24IN5O2. The number of nitrogens with one attached hydrogen (secondary N) is 3. The summed E-state index contributed by atoms with van der Waals surface area (Å²) in [5.41, 5.74) is 1.01. The third kappa shape index (κ3) is 8.52. The number of carbonyl (C=O) groups excluding carboxylic acids is 1. The predicted octanol–water partition coefficient (Wildman–Crippen LogP) is 1.71. The van der Waals surface area contributed by atoms with Crippen LogP contribution in [0.3, 0.4) is 0 Å². The van der Waals surface area contributed by atoms with E-state index in [4.69, 9.17) is 4.42 Å². The molecule has 2 rings (SSSR count). The minimum Gasteiger partial charge on any atom is -0.467 e. The maximum absolute atomic E-state index is 11.8. The van der Waals surface area contributed by atoms with Crippen molar-refractivity contribution in [2.45, 2.75) is 19.9 Å². The molecule has 1 amide bonds. The number of halogens is 1. The van der Waals surface area contributed by atoms with Gasteiger partial charge >= 0.3 is 0 Å². The van der Waals surface area contributed by atoms with Crippen LogP contribution in [0.15, 0.2) is 52.2 Å². The van der Waals surface area contributed by atoms with Crippen molar-refractivity contribution in [2.24, 2.45) is 4.99 Å². The second-order valence-electron chi connectivity index (χ2n) is 5.05. The minimum absolute atomic E-state index is 0. The summed E-state index contributed by atoms with van der Waals surface area (Å²) in [4.78, 5) is 20.4. The highest BCUT2D eigenvalue weighted by Crippen LogP contribution is 1.98. The van der Waals surface area contributed by atoms with Crippen molar-refractivity contribution in [1.29, 1.82) is 0 Å². The van der Waals surface area contributed by atoms with Gasteiger partial charge in [-0.15, -0.1) is 24.0 Å². The molecule has 2 heterocycles. The number of aliphatic imine (C=N–C) groups is 1. The molecule has 0 saturated carbocycles. The fourth-order valence-corrected chi connectivity index (χ4v) is 2.00. The summed E-state index contributed by atoms with van der Waals surface area (Å²) in [5.74, 6) is 1.17. The second-order valence-corrected chi connectivity index (χ2v) is 5.05. The van der Waals surface area contributed by atoms with Gasteiger partial charge < -0.3 is 20.4 Å². The Morgan fingerprint density at radius 3 is 2.76 bits per heavy atom. The molecule has 3 N–H and O–H groups in total. The first-order valence-corrected chi connectivity index (χ1v) is 7.99. The van der Waals surface area contributed by atoms with E-state index in [1.807, 2.05) is 31.2 Å². The maximum atomic E-state index is 11.8. The van der Waals surface area contributed by atoms with Crippen molar-refractivity contribution in [3.05, 3.63) is 54.2 Å². The van der Waals surface area contributed by atoms with Gasteiger partial charge in [0.15, 0.2) is 5.96 Å². The molecule has 25 heavy (non-hydrogen) atoms. The number of guanidine groups is 1. The first kappa shape index (κ1) is 20.9. The number of aromatic nitrogens is 1. The van der Waals surface area contributed by atoms with E-state index >= 15 is 0 Å². The van der Waals surface area contributed by atoms with Crippen LogP contribution in [-0.2, 0) is 17.8 Å². The third-order valence-corrected chi connectivity index (χ3v) is 3.16. The summed E-state index contributed by atoms with van der Waals surface area (Å²) in [6.07, 6.45) is 4.14. The average Bonchev–Trinajstić information content (AvgIpc) is 3.12. The van der Waals surface area contributed by atoms with Crippen LogP contribution in [0.1, 0.15) is 18.4 Å². The van der Waals surface area contributed by atoms with Gasteiger partial charge in [0, 0.05) is 31.4 Å². The third-order valence-electron chi connectivity index (χ3n) is 3.16. The van der Waals surface area contributed by atoms with E-state index in [1.165, 1.54) is 0 Å². The van der Waals surface area contributed by atoms with Gasteiger partial charge in [0.25, 0.3) is 0 Å². The van der Waals surface area contributed by atoms with Gasteiger partial charge in [-0.05, 0) is 31.2 Å². The summed E-state index contributed by atoms with van der Waals surface area (Å²) in [6, 6.07) is 9.43. The summed E-state index contributed by atoms with van der Waals surface area (Å²) in [6.45, 7) is 3.82. The molecule has 0 radical (unpaired) electrons. The molecule has 2 aromatic heterocycles. The van der Waals surface area contributed by atoms with Gasteiger partial charge in [-0.3, -0.25) is 9.78 Å². The van der Waals surface area contributed by atoms with Crippen LogP contribution in [0.5, 0.6) is 0 Å². The molecule has 0 unspecified atom stereocenters. The smallest absolute Gasteiger partial charge is 0.242 e. The molecule has 2 aromatic rings. The molecule has 136 valence electrons. The maximum Gasteiger partial charge on any atom is 0.242 e. The van der Waals surface area contributed by atoms with Crippen molar-refractivity contribution in [2.75, 3.05) is 19.6 Å². The molecule has 0 aliphatic heterocycles. The Labute approximate surface area is 164 Å². The molecule has 0 fully saturated rings. The first-order chi connectivity index (χ1) is 11.8. The summed E-state index contributed by atoms with van der Waals surface area (Å²) >= 11 is 0. The quantitative estimate of drug-likeness (QED) is 0.319. The zero-order valence-corrected chi connectivity index (χ0v) is 16.5. The Balaban J connectivity index is 0.00000312. The largest absolute Gasteiger partial charge is 0.467 e.